The van der Waals surface area contributed by atoms with Gasteiger partial charge in [-0.25, -0.2) is 0 Å². The van der Waals surface area contributed by atoms with Gasteiger partial charge in [0, 0.05) is 28.3 Å². The summed E-state index contributed by atoms with van der Waals surface area (Å²) in [6, 6.07) is 12.1. The van der Waals surface area contributed by atoms with Crippen LogP contribution in [0.2, 0.25) is 0 Å². The smallest absolute Gasteiger partial charge is 0.171 e. The average Bonchev–Trinajstić information content (AvgIpc) is 3.27. The van der Waals surface area contributed by atoms with Gasteiger partial charge in [-0.1, -0.05) is 50.3 Å². The molecule has 0 saturated heterocycles. The van der Waals surface area contributed by atoms with Crippen LogP contribution in [0, 0.1) is 0 Å². The summed E-state index contributed by atoms with van der Waals surface area (Å²) in [4.78, 5) is 4.30. The Bertz CT molecular complexity index is 827. The molecular weight excluding hydrogens is 320 g/mol. The summed E-state index contributed by atoms with van der Waals surface area (Å²) in [6.07, 6.45) is 4.77. The summed E-state index contributed by atoms with van der Waals surface area (Å²) < 4.78 is 10.3. The fourth-order valence-electron chi connectivity index (χ4n) is 2.14. The van der Waals surface area contributed by atoms with E-state index in [1.807, 2.05) is 62.5 Å². The molecule has 3 N–H and O–H groups in total. The minimum Gasteiger partial charge on any atom is -0.380 e. The predicted molar refractivity (Wildman–Crippen MR) is 102 cm³/mol. The number of nitrogens with one attached hydrogen (secondary N) is 1. The quantitative estimate of drug-likeness (QED) is 0.703. The second kappa shape index (κ2) is 8.98. The number of pyridine rings is 1. The van der Waals surface area contributed by atoms with Gasteiger partial charge in [0.15, 0.2) is 5.82 Å². The molecule has 0 saturated carbocycles. The normalized spacial score (nSPS) is 15.3. The van der Waals surface area contributed by atoms with Gasteiger partial charge in [-0.05, 0) is 23.5 Å². The highest BCUT2D eigenvalue weighted by molar-refractivity contribution is 7.88. The lowest BCUT2D eigenvalue weighted by molar-refractivity contribution is 0.689. The molecule has 1 aromatic carbocycles. The third-order valence-electron chi connectivity index (χ3n) is 3.27. The summed E-state index contributed by atoms with van der Waals surface area (Å²) in [5.41, 5.74) is 9.42. The second-order valence-corrected chi connectivity index (χ2v) is 6.28. The van der Waals surface area contributed by atoms with Gasteiger partial charge in [0.25, 0.3) is 0 Å². The molecule has 1 aliphatic rings. The third kappa shape index (κ3) is 4.52. The molecule has 126 valence electrons. The van der Waals surface area contributed by atoms with Crippen molar-refractivity contribution in [3.8, 4) is 11.1 Å². The number of nitrogens with two attached hydrogens (primary N) is 1. The number of allylic oxidation sites excluding steroid dienone is 1. The van der Waals surface area contributed by atoms with E-state index in [-0.39, 0.29) is 0 Å². The van der Waals surface area contributed by atoms with Crippen LogP contribution < -0.4 is 5.73 Å². The van der Waals surface area contributed by atoms with Crippen LogP contribution in [0.5, 0.6) is 0 Å². The molecule has 0 aliphatic carbocycles. The topological polar surface area (TPSA) is 84.7 Å². The molecule has 1 unspecified atom stereocenters. The summed E-state index contributed by atoms with van der Waals surface area (Å²) in [5, 5.41) is 8.53. The van der Waals surface area contributed by atoms with Crippen molar-refractivity contribution < 1.29 is 4.21 Å². The number of nitrogen functional groups attached to an aromatic ring is 1. The minimum atomic E-state index is -0.603. The fraction of sp³-hybridized carbons (Fsp3) is 0.222. The van der Waals surface area contributed by atoms with Gasteiger partial charge in [0.2, 0.25) is 0 Å². The fourth-order valence-corrected chi connectivity index (χ4v) is 3.00. The van der Waals surface area contributed by atoms with Crippen molar-refractivity contribution >= 4 is 27.7 Å². The summed E-state index contributed by atoms with van der Waals surface area (Å²) in [6.45, 7) is 4.00. The Balaban J connectivity index is 0.000000219. The van der Waals surface area contributed by atoms with Crippen LogP contribution in [-0.2, 0) is 10.8 Å². The third-order valence-corrected chi connectivity index (χ3v) is 4.40. The number of benzene rings is 1. The molecule has 1 aliphatic heterocycles. The molecule has 0 fully saturated rings. The SMILES string of the molecule is CC.Nc1n[nH]c2cc(-c3ccccc3)cnc12.O=S1C=CCC1. The number of anilines is 1. The number of aromatic amines is 1. The molecule has 3 aromatic rings. The van der Waals surface area contributed by atoms with E-state index in [1.165, 1.54) is 0 Å². The number of rotatable bonds is 1. The molecule has 0 radical (unpaired) electrons. The van der Waals surface area contributed by atoms with E-state index in [9.17, 15) is 4.21 Å². The van der Waals surface area contributed by atoms with Gasteiger partial charge in [0.05, 0.1) is 5.52 Å². The zero-order valence-electron chi connectivity index (χ0n) is 13.9. The summed E-state index contributed by atoms with van der Waals surface area (Å²) in [7, 11) is -0.603. The number of aromatic nitrogens is 3. The largest absolute Gasteiger partial charge is 0.380 e. The molecule has 3 heterocycles. The maximum Gasteiger partial charge on any atom is 0.171 e. The predicted octanol–water partition coefficient (Wildman–Crippen LogP) is 3.89. The van der Waals surface area contributed by atoms with Crippen LogP contribution in [0.4, 0.5) is 5.82 Å². The maximum atomic E-state index is 10.3. The Kier molecular flexibility index (Phi) is 6.69. The zero-order chi connectivity index (χ0) is 17.4. The Morgan fingerprint density at radius 3 is 2.50 bits per heavy atom. The van der Waals surface area contributed by atoms with Crippen LogP contribution in [-0.4, -0.2) is 25.1 Å². The molecule has 1 atom stereocenters. The highest BCUT2D eigenvalue weighted by atomic mass is 32.2. The Hall–Kier alpha value is -2.47. The van der Waals surface area contributed by atoms with Gasteiger partial charge in [-0.15, -0.1) is 0 Å². The lowest BCUT2D eigenvalue weighted by atomic mass is 10.1. The van der Waals surface area contributed by atoms with Gasteiger partial charge in [-0.3, -0.25) is 14.3 Å². The first-order chi connectivity index (χ1) is 11.7. The Labute approximate surface area is 144 Å². The molecule has 0 amide bonds. The number of nitrogens with zero attached hydrogens (tertiary/aromatic N) is 2. The molecule has 2 aromatic heterocycles. The van der Waals surface area contributed by atoms with E-state index >= 15 is 0 Å². The van der Waals surface area contributed by atoms with E-state index in [1.54, 1.807) is 5.41 Å². The van der Waals surface area contributed by atoms with Crippen LogP contribution in [0.1, 0.15) is 20.3 Å². The lowest BCUT2D eigenvalue weighted by Crippen LogP contribution is -1.86. The maximum absolute atomic E-state index is 10.3. The molecule has 0 bridgehead atoms. The number of hydrogen-bond donors (Lipinski definition) is 2. The van der Waals surface area contributed by atoms with E-state index in [0.29, 0.717) is 5.82 Å². The van der Waals surface area contributed by atoms with Gasteiger partial charge in [0.1, 0.15) is 5.52 Å². The summed E-state index contributed by atoms with van der Waals surface area (Å²) in [5.74, 6) is 1.29. The van der Waals surface area contributed by atoms with Crippen molar-refractivity contribution in [1.82, 2.24) is 15.2 Å². The van der Waals surface area contributed by atoms with Crippen LogP contribution in [0.3, 0.4) is 0 Å². The van der Waals surface area contributed by atoms with Crippen molar-refractivity contribution in [2.75, 3.05) is 11.5 Å². The van der Waals surface area contributed by atoms with Crippen molar-refractivity contribution in [1.29, 1.82) is 0 Å². The van der Waals surface area contributed by atoms with Gasteiger partial charge in [-0.2, -0.15) is 5.10 Å². The number of fused-ring (bicyclic) bond motifs is 1. The summed E-state index contributed by atoms with van der Waals surface area (Å²) >= 11 is 0. The first-order valence-electron chi connectivity index (χ1n) is 7.93. The van der Waals surface area contributed by atoms with Crippen molar-refractivity contribution in [3.63, 3.8) is 0 Å². The van der Waals surface area contributed by atoms with Crippen molar-refractivity contribution in [2.45, 2.75) is 20.3 Å². The molecule has 5 nitrogen and oxygen atoms in total. The molecule has 0 spiro atoms. The first kappa shape index (κ1) is 17.9. The van der Waals surface area contributed by atoms with Crippen LogP contribution >= 0.6 is 0 Å². The lowest BCUT2D eigenvalue weighted by Gasteiger charge is -2.00. The zero-order valence-corrected chi connectivity index (χ0v) is 14.7. The van der Waals surface area contributed by atoms with Crippen molar-refractivity contribution in [2.24, 2.45) is 0 Å². The Morgan fingerprint density at radius 1 is 1.17 bits per heavy atom. The highest BCUT2D eigenvalue weighted by Gasteiger charge is 2.05. The molecule has 6 heteroatoms. The second-order valence-electron chi connectivity index (χ2n) is 4.84. The Morgan fingerprint density at radius 2 is 1.92 bits per heavy atom. The van der Waals surface area contributed by atoms with Crippen molar-refractivity contribution in [3.05, 3.63) is 54.1 Å². The molecular formula is C18H22N4OS. The van der Waals surface area contributed by atoms with Crippen LogP contribution in [0.25, 0.3) is 22.2 Å². The van der Waals surface area contributed by atoms with E-state index < -0.39 is 10.8 Å². The minimum absolute atomic E-state index is 0.439. The van der Waals surface area contributed by atoms with Crippen LogP contribution in [0.15, 0.2) is 54.1 Å². The van der Waals surface area contributed by atoms with Gasteiger partial charge >= 0.3 is 0 Å². The van der Waals surface area contributed by atoms with E-state index in [0.717, 1.165) is 34.3 Å². The van der Waals surface area contributed by atoms with E-state index in [4.69, 9.17) is 5.73 Å². The monoisotopic (exact) mass is 342 g/mol. The molecule has 24 heavy (non-hydrogen) atoms. The number of hydrogen-bond acceptors (Lipinski definition) is 4. The average molecular weight is 342 g/mol. The van der Waals surface area contributed by atoms with Gasteiger partial charge < -0.3 is 5.73 Å². The standard InChI is InChI=1S/C12H10N4.C4H6OS.C2H6/c13-12-11-10(15-16-12)6-9(7-14-11)8-4-2-1-3-5-8;5-6-3-1-2-4-6;1-2/h1-7H,(H3,13,15,16);1,3H,2,4H2;1-2H3. The molecule has 4 rings (SSSR count). The first-order valence-corrected chi connectivity index (χ1v) is 9.31. The number of H-pyrrole nitrogens is 1. The van der Waals surface area contributed by atoms with E-state index in [2.05, 4.69) is 15.2 Å². The highest BCUT2D eigenvalue weighted by Crippen LogP contribution is 2.23.